The maximum Gasteiger partial charge on any atom is 0.161 e. The smallest absolute Gasteiger partial charge is 0.161 e. The SMILES string of the molecule is CCOc1ccc(CNC(C)c2ccccc2)cc1OC. The Hall–Kier alpha value is -2.00. The largest absolute Gasteiger partial charge is 0.493 e. The first kappa shape index (κ1) is 15.4. The van der Waals surface area contributed by atoms with Crippen molar-refractivity contribution in [2.45, 2.75) is 26.4 Å². The molecule has 0 spiro atoms. The lowest BCUT2D eigenvalue weighted by atomic mass is 10.1. The van der Waals surface area contributed by atoms with E-state index in [0.717, 1.165) is 18.0 Å². The van der Waals surface area contributed by atoms with Crippen molar-refractivity contribution >= 4 is 0 Å². The Morgan fingerprint density at radius 3 is 2.48 bits per heavy atom. The van der Waals surface area contributed by atoms with Crippen LogP contribution in [0.25, 0.3) is 0 Å². The molecule has 0 saturated heterocycles. The van der Waals surface area contributed by atoms with Crippen LogP contribution in [0.15, 0.2) is 48.5 Å². The number of rotatable bonds is 7. The van der Waals surface area contributed by atoms with Crippen LogP contribution in [-0.2, 0) is 6.54 Å². The van der Waals surface area contributed by atoms with Gasteiger partial charge in [0.05, 0.1) is 13.7 Å². The minimum absolute atomic E-state index is 0.309. The number of hydrogen-bond acceptors (Lipinski definition) is 3. The molecule has 0 aromatic heterocycles. The van der Waals surface area contributed by atoms with Crippen molar-refractivity contribution in [2.24, 2.45) is 0 Å². The molecule has 1 unspecified atom stereocenters. The molecule has 0 radical (unpaired) electrons. The van der Waals surface area contributed by atoms with Crippen molar-refractivity contribution in [3.05, 3.63) is 59.7 Å². The van der Waals surface area contributed by atoms with E-state index in [0.29, 0.717) is 12.6 Å². The van der Waals surface area contributed by atoms with Gasteiger partial charge in [-0.3, -0.25) is 0 Å². The van der Waals surface area contributed by atoms with Gasteiger partial charge in [0.2, 0.25) is 0 Å². The zero-order valence-electron chi connectivity index (χ0n) is 12.9. The van der Waals surface area contributed by atoms with Crippen LogP contribution in [0.3, 0.4) is 0 Å². The van der Waals surface area contributed by atoms with Crippen LogP contribution in [0.4, 0.5) is 0 Å². The molecule has 1 atom stereocenters. The second-order valence-corrected chi connectivity index (χ2v) is 4.93. The molecule has 3 heteroatoms. The van der Waals surface area contributed by atoms with E-state index in [1.165, 1.54) is 11.1 Å². The Morgan fingerprint density at radius 1 is 1.05 bits per heavy atom. The topological polar surface area (TPSA) is 30.5 Å². The zero-order valence-corrected chi connectivity index (χ0v) is 12.9. The molecular weight excluding hydrogens is 262 g/mol. The van der Waals surface area contributed by atoms with Crippen molar-refractivity contribution in [1.82, 2.24) is 5.32 Å². The molecule has 0 aliphatic heterocycles. The Balaban J connectivity index is 2.00. The average molecular weight is 285 g/mol. The molecule has 0 bridgehead atoms. The van der Waals surface area contributed by atoms with Gasteiger partial charge in [0.1, 0.15) is 0 Å². The molecule has 0 heterocycles. The van der Waals surface area contributed by atoms with Crippen molar-refractivity contribution in [3.8, 4) is 11.5 Å². The van der Waals surface area contributed by atoms with Gasteiger partial charge in [0, 0.05) is 12.6 Å². The van der Waals surface area contributed by atoms with Gasteiger partial charge in [-0.25, -0.2) is 0 Å². The molecule has 2 rings (SSSR count). The summed E-state index contributed by atoms with van der Waals surface area (Å²) in [6.07, 6.45) is 0. The molecule has 3 nitrogen and oxygen atoms in total. The third-order valence-corrected chi connectivity index (χ3v) is 3.44. The Bertz CT molecular complexity index is 554. The molecule has 2 aromatic carbocycles. The second-order valence-electron chi connectivity index (χ2n) is 4.93. The first-order chi connectivity index (χ1) is 10.2. The van der Waals surface area contributed by atoms with E-state index >= 15 is 0 Å². The van der Waals surface area contributed by atoms with Crippen LogP contribution in [0.2, 0.25) is 0 Å². The van der Waals surface area contributed by atoms with E-state index < -0.39 is 0 Å². The fraction of sp³-hybridized carbons (Fsp3) is 0.333. The summed E-state index contributed by atoms with van der Waals surface area (Å²) in [6.45, 7) is 5.56. The molecule has 0 amide bonds. The Labute approximate surface area is 126 Å². The summed E-state index contributed by atoms with van der Waals surface area (Å²) in [4.78, 5) is 0. The van der Waals surface area contributed by atoms with Crippen molar-refractivity contribution in [1.29, 1.82) is 0 Å². The Kier molecular flexibility index (Phi) is 5.64. The van der Waals surface area contributed by atoms with Gasteiger partial charge < -0.3 is 14.8 Å². The van der Waals surface area contributed by atoms with Crippen LogP contribution in [0.1, 0.15) is 31.0 Å². The molecule has 112 valence electrons. The van der Waals surface area contributed by atoms with Crippen LogP contribution >= 0.6 is 0 Å². The number of methoxy groups -OCH3 is 1. The fourth-order valence-corrected chi connectivity index (χ4v) is 2.23. The van der Waals surface area contributed by atoms with E-state index in [1.807, 2.05) is 25.1 Å². The van der Waals surface area contributed by atoms with E-state index in [2.05, 4.69) is 42.6 Å². The van der Waals surface area contributed by atoms with Crippen molar-refractivity contribution < 1.29 is 9.47 Å². The highest BCUT2D eigenvalue weighted by Crippen LogP contribution is 2.28. The van der Waals surface area contributed by atoms with Gasteiger partial charge >= 0.3 is 0 Å². The first-order valence-corrected chi connectivity index (χ1v) is 7.32. The lowest BCUT2D eigenvalue weighted by Gasteiger charge is -2.15. The summed E-state index contributed by atoms with van der Waals surface area (Å²) in [5.74, 6) is 1.57. The number of hydrogen-bond donors (Lipinski definition) is 1. The van der Waals surface area contributed by atoms with Crippen LogP contribution < -0.4 is 14.8 Å². The van der Waals surface area contributed by atoms with Gasteiger partial charge in [-0.1, -0.05) is 36.4 Å². The van der Waals surface area contributed by atoms with E-state index in [9.17, 15) is 0 Å². The third-order valence-electron chi connectivity index (χ3n) is 3.44. The minimum Gasteiger partial charge on any atom is -0.493 e. The maximum absolute atomic E-state index is 5.53. The summed E-state index contributed by atoms with van der Waals surface area (Å²) in [7, 11) is 1.67. The highest BCUT2D eigenvalue weighted by molar-refractivity contribution is 5.43. The second kappa shape index (κ2) is 7.70. The number of ether oxygens (including phenoxy) is 2. The molecule has 0 saturated carbocycles. The summed E-state index contributed by atoms with van der Waals surface area (Å²) in [6, 6.07) is 16.8. The molecule has 0 aliphatic rings. The van der Waals surface area contributed by atoms with Gasteiger partial charge in [0.15, 0.2) is 11.5 Å². The lowest BCUT2D eigenvalue weighted by Crippen LogP contribution is -2.18. The highest BCUT2D eigenvalue weighted by atomic mass is 16.5. The summed E-state index contributed by atoms with van der Waals surface area (Å²) in [5.41, 5.74) is 2.47. The minimum atomic E-state index is 0.309. The molecule has 2 aromatic rings. The summed E-state index contributed by atoms with van der Waals surface area (Å²) in [5, 5.41) is 3.52. The van der Waals surface area contributed by atoms with Crippen molar-refractivity contribution in [3.63, 3.8) is 0 Å². The van der Waals surface area contributed by atoms with Gasteiger partial charge in [0.25, 0.3) is 0 Å². The molecule has 1 N–H and O–H groups in total. The quantitative estimate of drug-likeness (QED) is 0.835. The fourth-order valence-electron chi connectivity index (χ4n) is 2.23. The molecule has 0 aliphatic carbocycles. The number of benzene rings is 2. The van der Waals surface area contributed by atoms with Crippen molar-refractivity contribution in [2.75, 3.05) is 13.7 Å². The van der Waals surface area contributed by atoms with Crippen LogP contribution in [-0.4, -0.2) is 13.7 Å². The molecular formula is C18H23NO2. The first-order valence-electron chi connectivity index (χ1n) is 7.32. The molecule has 0 fully saturated rings. The third kappa shape index (κ3) is 4.23. The van der Waals surface area contributed by atoms with E-state index in [-0.39, 0.29) is 0 Å². The predicted molar refractivity (Wildman–Crippen MR) is 85.9 cm³/mol. The average Bonchev–Trinajstić information content (AvgIpc) is 2.54. The van der Waals surface area contributed by atoms with Gasteiger partial charge in [-0.15, -0.1) is 0 Å². The standard InChI is InChI=1S/C18H23NO2/c1-4-21-17-11-10-15(12-18(17)20-3)13-19-14(2)16-8-6-5-7-9-16/h5-12,14,19H,4,13H2,1-3H3. The Morgan fingerprint density at radius 2 is 1.81 bits per heavy atom. The zero-order chi connectivity index (χ0) is 15.1. The number of nitrogens with one attached hydrogen (secondary N) is 1. The summed E-state index contributed by atoms with van der Waals surface area (Å²) >= 11 is 0. The van der Waals surface area contributed by atoms with Crippen LogP contribution in [0.5, 0.6) is 11.5 Å². The lowest BCUT2D eigenvalue weighted by molar-refractivity contribution is 0.310. The summed E-state index contributed by atoms with van der Waals surface area (Å²) < 4.78 is 10.9. The van der Waals surface area contributed by atoms with Gasteiger partial charge in [-0.05, 0) is 37.1 Å². The normalized spacial score (nSPS) is 12.0. The van der Waals surface area contributed by atoms with E-state index in [1.54, 1.807) is 7.11 Å². The predicted octanol–water partition coefficient (Wildman–Crippen LogP) is 3.94. The van der Waals surface area contributed by atoms with Gasteiger partial charge in [-0.2, -0.15) is 0 Å². The highest BCUT2D eigenvalue weighted by Gasteiger charge is 2.07. The monoisotopic (exact) mass is 285 g/mol. The van der Waals surface area contributed by atoms with Crippen LogP contribution in [0, 0.1) is 0 Å². The maximum atomic E-state index is 5.53. The van der Waals surface area contributed by atoms with E-state index in [4.69, 9.17) is 9.47 Å². The molecule has 21 heavy (non-hydrogen) atoms.